The highest BCUT2D eigenvalue weighted by atomic mass is 35.5. The van der Waals surface area contributed by atoms with Crippen molar-refractivity contribution in [2.45, 2.75) is 52.4 Å². The molecule has 1 aromatic heterocycles. The van der Waals surface area contributed by atoms with Crippen LogP contribution in [0.1, 0.15) is 49.7 Å². The lowest BCUT2D eigenvalue weighted by Gasteiger charge is -2.27. The Morgan fingerprint density at radius 3 is 2.71 bits per heavy atom. The van der Waals surface area contributed by atoms with Crippen molar-refractivity contribution >= 4 is 42.1 Å². The maximum absolute atomic E-state index is 12.0. The highest BCUT2D eigenvalue weighted by Gasteiger charge is 2.21. The van der Waals surface area contributed by atoms with Crippen LogP contribution in [-0.4, -0.2) is 30.5 Å². The molecule has 1 amide bonds. The molecule has 24 heavy (non-hydrogen) atoms. The number of piperidine rings is 1. The molecule has 1 fully saturated rings. The van der Waals surface area contributed by atoms with Gasteiger partial charge in [0, 0.05) is 24.0 Å². The van der Waals surface area contributed by atoms with E-state index < -0.39 is 0 Å². The molecule has 2 rings (SSSR count). The molecule has 7 heteroatoms. The van der Waals surface area contributed by atoms with Gasteiger partial charge < -0.3 is 10.6 Å². The van der Waals surface area contributed by atoms with Gasteiger partial charge in [-0.3, -0.25) is 4.79 Å². The van der Waals surface area contributed by atoms with Crippen molar-refractivity contribution in [3.05, 3.63) is 16.1 Å². The summed E-state index contributed by atoms with van der Waals surface area (Å²) in [5.74, 6) is 1.43. The van der Waals surface area contributed by atoms with Gasteiger partial charge in [0.2, 0.25) is 5.91 Å². The summed E-state index contributed by atoms with van der Waals surface area (Å²) in [4.78, 5) is 16.5. The second-order valence-electron chi connectivity index (χ2n) is 6.46. The van der Waals surface area contributed by atoms with Crippen LogP contribution in [0, 0.1) is 18.8 Å². The number of nitrogens with one attached hydrogen (secondary N) is 2. The van der Waals surface area contributed by atoms with Gasteiger partial charge in [-0.15, -0.1) is 36.2 Å². The van der Waals surface area contributed by atoms with Crippen molar-refractivity contribution in [2.24, 2.45) is 11.8 Å². The second-order valence-corrected chi connectivity index (χ2v) is 7.40. The Labute approximate surface area is 162 Å². The quantitative estimate of drug-likeness (QED) is 0.658. The van der Waals surface area contributed by atoms with Gasteiger partial charge in [-0.25, -0.2) is 4.98 Å². The third-order valence-electron chi connectivity index (χ3n) is 4.50. The van der Waals surface area contributed by atoms with E-state index in [0.717, 1.165) is 44.6 Å². The molecule has 0 radical (unpaired) electrons. The Morgan fingerprint density at radius 1 is 1.38 bits per heavy atom. The fraction of sp³-hybridized carbons (Fsp3) is 0.765. The molecule has 0 aliphatic carbocycles. The number of unbranched alkanes of at least 4 members (excludes halogenated alkanes) is 1. The molecule has 2 N–H and O–H groups in total. The summed E-state index contributed by atoms with van der Waals surface area (Å²) in [6.07, 6.45) is 6.25. The van der Waals surface area contributed by atoms with E-state index in [2.05, 4.69) is 27.9 Å². The number of hydrogen-bond donors (Lipinski definition) is 2. The first-order valence-electron chi connectivity index (χ1n) is 8.53. The number of hydrogen-bond acceptors (Lipinski definition) is 4. The number of rotatable bonds is 8. The van der Waals surface area contributed by atoms with Gasteiger partial charge in [0.1, 0.15) is 0 Å². The molecular weight excluding hydrogens is 365 g/mol. The Morgan fingerprint density at radius 2 is 2.08 bits per heavy atom. The lowest BCUT2D eigenvalue weighted by atomic mass is 9.84. The first kappa shape index (κ1) is 23.6. The number of aromatic nitrogens is 1. The number of halogens is 2. The van der Waals surface area contributed by atoms with Crippen LogP contribution in [-0.2, 0) is 11.2 Å². The average molecular weight is 396 g/mol. The second kappa shape index (κ2) is 12.9. The molecule has 0 spiro atoms. The summed E-state index contributed by atoms with van der Waals surface area (Å²) in [5.41, 5.74) is 1.11. The molecule has 2 heterocycles. The van der Waals surface area contributed by atoms with E-state index in [4.69, 9.17) is 0 Å². The van der Waals surface area contributed by atoms with Crippen molar-refractivity contribution in [3.63, 3.8) is 0 Å². The van der Waals surface area contributed by atoms with Gasteiger partial charge in [0.25, 0.3) is 0 Å². The van der Waals surface area contributed by atoms with Crippen molar-refractivity contribution in [2.75, 3.05) is 19.6 Å². The lowest BCUT2D eigenvalue weighted by molar-refractivity contribution is -0.122. The lowest BCUT2D eigenvalue weighted by Crippen LogP contribution is -2.33. The number of carbonyl (C=O) groups is 1. The van der Waals surface area contributed by atoms with Gasteiger partial charge in [-0.2, -0.15) is 0 Å². The van der Waals surface area contributed by atoms with Gasteiger partial charge >= 0.3 is 0 Å². The summed E-state index contributed by atoms with van der Waals surface area (Å²) >= 11 is 1.73. The first-order chi connectivity index (χ1) is 10.6. The largest absolute Gasteiger partial charge is 0.356 e. The summed E-state index contributed by atoms with van der Waals surface area (Å²) in [6.45, 7) is 7.26. The molecule has 0 aromatic carbocycles. The minimum atomic E-state index is 0. The van der Waals surface area contributed by atoms with Crippen LogP contribution in [0.2, 0.25) is 0 Å². The summed E-state index contributed by atoms with van der Waals surface area (Å²) in [6, 6.07) is 0. The highest BCUT2D eigenvalue weighted by molar-refractivity contribution is 7.09. The van der Waals surface area contributed by atoms with Gasteiger partial charge in [-0.1, -0.05) is 6.92 Å². The van der Waals surface area contributed by atoms with Gasteiger partial charge in [0.15, 0.2) is 0 Å². The van der Waals surface area contributed by atoms with Crippen LogP contribution in [0.25, 0.3) is 0 Å². The number of nitrogens with zero attached hydrogens (tertiary/aromatic N) is 1. The Bertz CT molecular complexity index is 464. The normalized spacial score (nSPS) is 15.9. The predicted molar refractivity (Wildman–Crippen MR) is 107 cm³/mol. The molecule has 1 atom stereocenters. The Kier molecular flexibility index (Phi) is 12.7. The number of amides is 1. The Hall–Kier alpha value is -0.360. The van der Waals surface area contributed by atoms with E-state index in [9.17, 15) is 4.79 Å². The zero-order chi connectivity index (χ0) is 15.8. The molecule has 4 nitrogen and oxygen atoms in total. The highest BCUT2D eigenvalue weighted by Crippen LogP contribution is 2.24. The summed E-state index contributed by atoms with van der Waals surface area (Å²) < 4.78 is 0. The van der Waals surface area contributed by atoms with Crippen LogP contribution in [0.4, 0.5) is 0 Å². The molecule has 140 valence electrons. The predicted octanol–water partition coefficient (Wildman–Crippen LogP) is 3.76. The monoisotopic (exact) mass is 395 g/mol. The van der Waals surface area contributed by atoms with Crippen LogP contribution < -0.4 is 10.6 Å². The van der Waals surface area contributed by atoms with Gasteiger partial charge in [-0.05, 0) is 64.0 Å². The van der Waals surface area contributed by atoms with Crippen LogP contribution in [0.15, 0.2) is 5.38 Å². The molecular formula is C17H31Cl2N3OS. The average Bonchev–Trinajstić information content (AvgIpc) is 2.93. The standard InChI is InChI=1S/C17H29N3OS.2ClH/c1-13(15-6-9-18-10-7-15)11-16(21)19-8-4-3-5-17-20-14(2)12-22-17;;/h12-13,15,18H,3-11H2,1-2H3,(H,19,21);2*1H. The fourth-order valence-electron chi connectivity index (χ4n) is 3.09. The minimum absolute atomic E-state index is 0. The smallest absolute Gasteiger partial charge is 0.220 e. The third-order valence-corrected chi connectivity index (χ3v) is 5.53. The van der Waals surface area contributed by atoms with E-state index in [1.54, 1.807) is 11.3 Å². The van der Waals surface area contributed by atoms with Crippen molar-refractivity contribution in [1.82, 2.24) is 15.6 Å². The number of thiazole rings is 1. The zero-order valence-electron chi connectivity index (χ0n) is 14.7. The maximum atomic E-state index is 12.0. The molecule has 1 unspecified atom stereocenters. The topological polar surface area (TPSA) is 54.0 Å². The van der Waals surface area contributed by atoms with E-state index in [0.29, 0.717) is 18.3 Å². The SMILES string of the molecule is Cc1csc(CCCCNC(=O)CC(C)C2CCNCC2)n1.Cl.Cl. The first-order valence-corrected chi connectivity index (χ1v) is 9.41. The molecule has 1 saturated heterocycles. The van der Waals surface area contributed by atoms with Crippen molar-refractivity contribution < 1.29 is 4.79 Å². The van der Waals surface area contributed by atoms with Crippen LogP contribution >= 0.6 is 36.2 Å². The summed E-state index contributed by atoms with van der Waals surface area (Å²) in [5, 5.41) is 9.76. The fourth-order valence-corrected chi connectivity index (χ4v) is 3.91. The third kappa shape index (κ3) is 8.65. The molecule has 1 aliphatic rings. The number of aryl methyl sites for hydroxylation is 2. The van der Waals surface area contributed by atoms with Crippen LogP contribution in [0.5, 0.6) is 0 Å². The van der Waals surface area contributed by atoms with Gasteiger partial charge in [0.05, 0.1) is 5.01 Å². The number of carbonyl (C=O) groups excluding carboxylic acids is 1. The van der Waals surface area contributed by atoms with E-state index >= 15 is 0 Å². The maximum Gasteiger partial charge on any atom is 0.220 e. The van der Waals surface area contributed by atoms with Crippen molar-refractivity contribution in [3.8, 4) is 0 Å². The minimum Gasteiger partial charge on any atom is -0.356 e. The molecule has 0 saturated carbocycles. The van der Waals surface area contributed by atoms with Crippen molar-refractivity contribution in [1.29, 1.82) is 0 Å². The van der Waals surface area contributed by atoms with E-state index in [1.807, 2.05) is 6.92 Å². The Balaban J connectivity index is 0.00000264. The van der Waals surface area contributed by atoms with E-state index in [-0.39, 0.29) is 30.7 Å². The molecule has 0 bridgehead atoms. The van der Waals surface area contributed by atoms with E-state index in [1.165, 1.54) is 17.8 Å². The molecule has 1 aromatic rings. The summed E-state index contributed by atoms with van der Waals surface area (Å²) in [7, 11) is 0. The zero-order valence-corrected chi connectivity index (χ0v) is 17.1. The van der Waals surface area contributed by atoms with Crippen LogP contribution in [0.3, 0.4) is 0 Å². The molecule has 1 aliphatic heterocycles.